The second-order valence-corrected chi connectivity index (χ2v) is 7.57. The van der Waals surface area contributed by atoms with Gasteiger partial charge in [-0.3, -0.25) is 10.1 Å². The number of nitrogens with zero attached hydrogens (tertiary/aromatic N) is 1. The SMILES string of the molecule is COc1ccc(CCNC(=O)c2sc(NC(=O)Nc3ccccc3)nc2C)cc1OC. The molecule has 0 fully saturated rings. The molecule has 31 heavy (non-hydrogen) atoms. The van der Waals surface area contributed by atoms with Gasteiger partial charge in [-0.25, -0.2) is 9.78 Å². The van der Waals surface area contributed by atoms with E-state index in [1.165, 1.54) is 0 Å². The Balaban J connectivity index is 1.54. The molecule has 3 N–H and O–H groups in total. The number of hydrogen-bond acceptors (Lipinski definition) is 6. The fourth-order valence-corrected chi connectivity index (χ4v) is 3.76. The third kappa shape index (κ3) is 5.95. The molecule has 0 bridgehead atoms. The topological polar surface area (TPSA) is 102 Å². The molecule has 3 aromatic rings. The predicted molar refractivity (Wildman–Crippen MR) is 122 cm³/mol. The molecule has 1 aromatic heterocycles. The maximum atomic E-state index is 12.6. The molecule has 0 atom stereocenters. The largest absolute Gasteiger partial charge is 0.493 e. The smallest absolute Gasteiger partial charge is 0.325 e. The second-order valence-electron chi connectivity index (χ2n) is 6.57. The van der Waals surface area contributed by atoms with Crippen LogP contribution in [0.2, 0.25) is 0 Å². The molecule has 0 radical (unpaired) electrons. The highest BCUT2D eigenvalue weighted by atomic mass is 32.1. The monoisotopic (exact) mass is 440 g/mol. The number of urea groups is 1. The Hall–Kier alpha value is -3.59. The van der Waals surface area contributed by atoms with Crippen molar-refractivity contribution >= 4 is 34.1 Å². The van der Waals surface area contributed by atoms with E-state index >= 15 is 0 Å². The molecule has 0 aliphatic carbocycles. The van der Waals surface area contributed by atoms with Gasteiger partial charge in [0.2, 0.25) is 0 Å². The van der Waals surface area contributed by atoms with Crippen LogP contribution in [0.4, 0.5) is 15.6 Å². The molecule has 1 heterocycles. The van der Waals surface area contributed by atoms with Crippen molar-refractivity contribution in [3.05, 3.63) is 64.7 Å². The Morgan fingerprint density at radius 2 is 1.74 bits per heavy atom. The standard InChI is InChI=1S/C22H24N4O4S/c1-14-19(31-22(24-14)26-21(28)25-16-7-5-4-6-8-16)20(27)23-12-11-15-9-10-17(29-2)18(13-15)30-3/h4-10,13H,11-12H2,1-3H3,(H,23,27)(H2,24,25,26,28). The van der Waals surface area contributed by atoms with Crippen molar-refractivity contribution < 1.29 is 19.1 Å². The van der Waals surface area contributed by atoms with Gasteiger partial charge in [-0.15, -0.1) is 0 Å². The van der Waals surface area contributed by atoms with Crippen molar-refractivity contribution in [2.75, 3.05) is 31.4 Å². The number of para-hydroxylation sites is 1. The summed E-state index contributed by atoms with van der Waals surface area (Å²) in [7, 11) is 3.17. The summed E-state index contributed by atoms with van der Waals surface area (Å²) in [5, 5.41) is 8.63. The first-order valence-electron chi connectivity index (χ1n) is 9.59. The van der Waals surface area contributed by atoms with Crippen LogP contribution in [0.15, 0.2) is 48.5 Å². The van der Waals surface area contributed by atoms with E-state index in [0.717, 1.165) is 16.9 Å². The summed E-state index contributed by atoms with van der Waals surface area (Å²) in [6.07, 6.45) is 0.633. The number of benzene rings is 2. The Bertz CT molecular complexity index is 1050. The van der Waals surface area contributed by atoms with E-state index in [-0.39, 0.29) is 5.91 Å². The lowest BCUT2D eigenvalue weighted by molar-refractivity contribution is 0.0957. The number of rotatable bonds is 8. The van der Waals surface area contributed by atoms with E-state index in [2.05, 4.69) is 20.9 Å². The van der Waals surface area contributed by atoms with Gasteiger partial charge in [0.1, 0.15) is 4.88 Å². The highest BCUT2D eigenvalue weighted by Crippen LogP contribution is 2.27. The molecular weight excluding hydrogens is 416 g/mol. The van der Waals surface area contributed by atoms with E-state index in [1.54, 1.807) is 33.3 Å². The molecule has 3 amide bonds. The van der Waals surface area contributed by atoms with Gasteiger partial charge in [-0.1, -0.05) is 35.6 Å². The van der Waals surface area contributed by atoms with Crippen LogP contribution < -0.4 is 25.4 Å². The van der Waals surface area contributed by atoms with Gasteiger partial charge in [-0.05, 0) is 43.2 Å². The van der Waals surface area contributed by atoms with Crippen LogP contribution in [0.1, 0.15) is 20.9 Å². The summed E-state index contributed by atoms with van der Waals surface area (Å²) >= 11 is 1.13. The van der Waals surface area contributed by atoms with Crippen molar-refractivity contribution in [3.8, 4) is 11.5 Å². The molecule has 9 heteroatoms. The van der Waals surface area contributed by atoms with Crippen molar-refractivity contribution in [2.45, 2.75) is 13.3 Å². The van der Waals surface area contributed by atoms with Gasteiger partial charge in [0, 0.05) is 12.2 Å². The molecule has 2 aromatic carbocycles. The summed E-state index contributed by atoms with van der Waals surface area (Å²) < 4.78 is 10.5. The number of anilines is 2. The Morgan fingerprint density at radius 3 is 2.45 bits per heavy atom. The minimum Gasteiger partial charge on any atom is -0.493 e. The number of amides is 3. The van der Waals surface area contributed by atoms with Crippen LogP contribution in [-0.2, 0) is 6.42 Å². The first-order valence-corrected chi connectivity index (χ1v) is 10.4. The number of aromatic nitrogens is 1. The number of thiazole rings is 1. The molecular formula is C22H24N4O4S. The maximum absolute atomic E-state index is 12.6. The van der Waals surface area contributed by atoms with Crippen molar-refractivity contribution in [3.63, 3.8) is 0 Å². The number of aryl methyl sites for hydroxylation is 1. The van der Waals surface area contributed by atoms with Gasteiger partial charge in [0.25, 0.3) is 5.91 Å². The van der Waals surface area contributed by atoms with Crippen LogP contribution in [0.3, 0.4) is 0 Å². The van der Waals surface area contributed by atoms with Gasteiger partial charge < -0.3 is 20.1 Å². The minimum atomic E-state index is -0.416. The van der Waals surface area contributed by atoms with Gasteiger partial charge in [-0.2, -0.15) is 0 Å². The third-order valence-electron chi connectivity index (χ3n) is 4.40. The molecule has 0 aliphatic rings. The van der Waals surface area contributed by atoms with Crippen molar-refractivity contribution in [1.82, 2.24) is 10.3 Å². The van der Waals surface area contributed by atoms with Gasteiger partial charge in [0.05, 0.1) is 19.9 Å². The number of hydrogen-bond donors (Lipinski definition) is 3. The molecule has 0 aliphatic heterocycles. The summed E-state index contributed by atoms with van der Waals surface area (Å²) in [5.74, 6) is 1.08. The lowest BCUT2D eigenvalue weighted by Gasteiger charge is -2.10. The average molecular weight is 441 g/mol. The zero-order valence-electron chi connectivity index (χ0n) is 17.5. The van der Waals surface area contributed by atoms with Gasteiger partial charge in [0.15, 0.2) is 16.6 Å². The number of carbonyl (C=O) groups is 2. The Morgan fingerprint density at radius 1 is 1.00 bits per heavy atom. The van der Waals surface area contributed by atoms with E-state index in [0.29, 0.717) is 45.9 Å². The van der Waals surface area contributed by atoms with E-state index in [1.807, 2.05) is 36.4 Å². The first kappa shape index (κ1) is 22.1. The molecule has 0 saturated heterocycles. The molecule has 162 valence electrons. The van der Waals surface area contributed by atoms with Crippen LogP contribution >= 0.6 is 11.3 Å². The normalized spacial score (nSPS) is 10.3. The van der Waals surface area contributed by atoms with Crippen molar-refractivity contribution in [1.29, 1.82) is 0 Å². The van der Waals surface area contributed by atoms with Crippen LogP contribution in [-0.4, -0.2) is 37.7 Å². The van der Waals surface area contributed by atoms with Crippen LogP contribution in [0.25, 0.3) is 0 Å². The summed E-state index contributed by atoms with van der Waals surface area (Å²) in [5.41, 5.74) is 2.24. The van der Waals surface area contributed by atoms with Crippen LogP contribution in [0.5, 0.6) is 11.5 Å². The molecule has 0 spiro atoms. The zero-order chi connectivity index (χ0) is 22.2. The highest BCUT2D eigenvalue weighted by Gasteiger charge is 2.16. The summed E-state index contributed by atoms with van der Waals surface area (Å²) in [6, 6.07) is 14.3. The van der Waals surface area contributed by atoms with Crippen molar-refractivity contribution in [2.24, 2.45) is 0 Å². The Labute approximate surface area is 184 Å². The van der Waals surface area contributed by atoms with E-state index in [9.17, 15) is 9.59 Å². The number of carbonyl (C=O) groups excluding carboxylic acids is 2. The third-order valence-corrected chi connectivity index (χ3v) is 5.47. The van der Waals surface area contributed by atoms with Gasteiger partial charge >= 0.3 is 6.03 Å². The fourth-order valence-electron chi connectivity index (χ4n) is 2.88. The number of nitrogens with one attached hydrogen (secondary N) is 3. The minimum absolute atomic E-state index is 0.230. The molecule has 0 unspecified atom stereocenters. The number of methoxy groups -OCH3 is 2. The summed E-state index contributed by atoms with van der Waals surface area (Å²) in [6.45, 7) is 2.18. The quantitative estimate of drug-likeness (QED) is 0.490. The van der Waals surface area contributed by atoms with E-state index < -0.39 is 6.03 Å². The molecule has 3 rings (SSSR count). The average Bonchev–Trinajstić information content (AvgIpc) is 3.13. The van der Waals surface area contributed by atoms with E-state index in [4.69, 9.17) is 9.47 Å². The number of ether oxygens (including phenoxy) is 2. The predicted octanol–water partition coefficient (Wildman–Crippen LogP) is 4.09. The second kappa shape index (κ2) is 10.4. The lowest BCUT2D eigenvalue weighted by atomic mass is 10.1. The molecule has 0 saturated carbocycles. The lowest BCUT2D eigenvalue weighted by Crippen LogP contribution is -2.25. The summed E-state index contributed by atoms with van der Waals surface area (Å²) in [4.78, 5) is 29.4. The maximum Gasteiger partial charge on any atom is 0.325 e. The zero-order valence-corrected chi connectivity index (χ0v) is 18.3. The Kier molecular flexibility index (Phi) is 7.45. The highest BCUT2D eigenvalue weighted by molar-refractivity contribution is 7.17. The molecule has 8 nitrogen and oxygen atoms in total. The van der Waals surface area contributed by atoms with Crippen LogP contribution in [0, 0.1) is 6.92 Å². The fraction of sp³-hybridized carbons (Fsp3) is 0.227. The first-order chi connectivity index (χ1) is 15.0.